The second kappa shape index (κ2) is 5.33. The van der Waals surface area contributed by atoms with Gasteiger partial charge in [-0.1, -0.05) is 0 Å². The lowest BCUT2D eigenvalue weighted by atomic mass is 9.65. The Morgan fingerprint density at radius 2 is 2.30 bits per heavy atom. The summed E-state index contributed by atoms with van der Waals surface area (Å²) < 4.78 is 5.11. The summed E-state index contributed by atoms with van der Waals surface area (Å²) in [5, 5.41) is 3.46. The Labute approximate surface area is 134 Å². The first-order chi connectivity index (χ1) is 11.1. The van der Waals surface area contributed by atoms with Gasteiger partial charge in [0.15, 0.2) is 6.39 Å². The van der Waals surface area contributed by atoms with Crippen LogP contribution in [0.3, 0.4) is 0 Å². The van der Waals surface area contributed by atoms with Crippen LogP contribution in [0.2, 0.25) is 0 Å². The highest BCUT2D eigenvalue weighted by Crippen LogP contribution is 2.49. The number of nitrogens with one attached hydrogen (secondary N) is 1. The Morgan fingerprint density at radius 3 is 3.04 bits per heavy atom. The minimum absolute atomic E-state index is 0.0535. The maximum atomic E-state index is 12.3. The Balaban J connectivity index is 1.34. The van der Waals surface area contributed by atoms with Gasteiger partial charge in [-0.15, -0.1) is 0 Å². The summed E-state index contributed by atoms with van der Waals surface area (Å²) in [4.78, 5) is 26.4. The smallest absolute Gasteiger partial charge is 0.291 e. The van der Waals surface area contributed by atoms with Gasteiger partial charge in [0.2, 0.25) is 5.76 Å². The number of carbonyl (C=O) groups is 1. The molecule has 0 radical (unpaired) electrons. The number of anilines is 1. The van der Waals surface area contributed by atoms with Crippen molar-refractivity contribution in [1.82, 2.24) is 19.9 Å². The highest BCUT2D eigenvalue weighted by atomic mass is 16.3. The van der Waals surface area contributed by atoms with Crippen molar-refractivity contribution in [3.05, 3.63) is 36.4 Å². The molecule has 1 saturated carbocycles. The average Bonchev–Trinajstić information content (AvgIpc) is 3.16. The Hall–Kier alpha value is -2.44. The second-order valence-corrected chi connectivity index (χ2v) is 6.64. The number of aromatic nitrogens is 3. The van der Waals surface area contributed by atoms with E-state index >= 15 is 0 Å². The molecule has 1 N–H and O–H groups in total. The number of amides is 1. The van der Waals surface area contributed by atoms with Crippen molar-refractivity contribution in [3.8, 4) is 0 Å². The zero-order chi connectivity index (χ0) is 15.9. The van der Waals surface area contributed by atoms with Crippen LogP contribution in [-0.4, -0.2) is 44.9 Å². The number of hydrogen-bond donors (Lipinski definition) is 1. The molecule has 1 aliphatic heterocycles. The molecule has 0 unspecified atom stereocenters. The molecule has 2 aliphatic rings. The van der Waals surface area contributed by atoms with E-state index < -0.39 is 0 Å². The van der Waals surface area contributed by atoms with Crippen LogP contribution in [-0.2, 0) is 0 Å². The fourth-order valence-corrected chi connectivity index (χ4v) is 3.75. The third-order valence-electron chi connectivity index (χ3n) is 4.88. The first-order valence-corrected chi connectivity index (χ1v) is 7.87. The molecule has 1 spiro atoms. The molecule has 120 valence electrons. The Bertz CT molecular complexity index is 709. The van der Waals surface area contributed by atoms with E-state index in [1.807, 2.05) is 17.9 Å². The summed E-state index contributed by atoms with van der Waals surface area (Å²) in [6.07, 6.45) is 7.54. The minimum atomic E-state index is -0.0535. The van der Waals surface area contributed by atoms with Crippen molar-refractivity contribution in [2.24, 2.45) is 5.41 Å². The van der Waals surface area contributed by atoms with Crippen molar-refractivity contribution >= 4 is 11.7 Å². The zero-order valence-electron chi connectivity index (χ0n) is 13.0. The molecular formula is C16H19N5O2. The van der Waals surface area contributed by atoms with Gasteiger partial charge in [0.25, 0.3) is 5.91 Å². The van der Waals surface area contributed by atoms with Crippen molar-refractivity contribution in [2.75, 3.05) is 18.4 Å². The summed E-state index contributed by atoms with van der Waals surface area (Å²) in [5.74, 6) is 1.15. The van der Waals surface area contributed by atoms with Crippen LogP contribution in [0.4, 0.5) is 5.82 Å². The van der Waals surface area contributed by atoms with E-state index in [0.717, 1.165) is 43.9 Å². The predicted molar refractivity (Wildman–Crippen MR) is 82.9 cm³/mol. The maximum absolute atomic E-state index is 12.3. The molecule has 1 aliphatic carbocycles. The quantitative estimate of drug-likeness (QED) is 0.931. The van der Waals surface area contributed by atoms with Crippen LogP contribution >= 0.6 is 0 Å². The Morgan fingerprint density at radius 1 is 1.43 bits per heavy atom. The first kappa shape index (κ1) is 14.2. The monoisotopic (exact) mass is 313 g/mol. The topological polar surface area (TPSA) is 84.2 Å². The summed E-state index contributed by atoms with van der Waals surface area (Å²) in [7, 11) is 0. The number of nitrogens with zero attached hydrogens (tertiary/aromatic N) is 4. The molecule has 1 saturated heterocycles. The van der Waals surface area contributed by atoms with Gasteiger partial charge in [0.1, 0.15) is 12.1 Å². The van der Waals surface area contributed by atoms with E-state index in [4.69, 9.17) is 4.42 Å². The highest BCUT2D eigenvalue weighted by Gasteiger charge is 2.49. The van der Waals surface area contributed by atoms with E-state index in [1.165, 1.54) is 12.6 Å². The van der Waals surface area contributed by atoms with Crippen LogP contribution in [0.15, 0.2) is 29.4 Å². The lowest BCUT2D eigenvalue weighted by Gasteiger charge is -2.45. The molecule has 0 bridgehead atoms. The molecule has 2 aromatic rings. The van der Waals surface area contributed by atoms with Gasteiger partial charge in [-0.3, -0.25) is 4.79 Å². The summed E-state index contributed by atoms with van der Waals surface area (Å²) >= 11 is 0. The van der Waals surface area contributed by atoms with Crippen molar-refractivity contribution in [2.45, 2.75) is 32.2 Å². The largest absolute Gasteiger partial charge is 0.438 e. The molecule has 0 atom stereocenters. The molecule has 0 aromatic carbocycles. The van der Waals surface area contributed by atoms with E-state index in [9.17, 15) is 4.79 Å². The molecule has 1 amide bonds. The van der Waals surface area contributed by atoms with Crippen LogP contribution in [0.1, 0.15) is 35.5 Å². The Kier molecular flexibility index (Phi) is 3.28. The van der Waals surface area contributed by atoms with E-state index in [2.05, 4.69) is 20.3 Å². The average molecular weight is 313 g/mol. The molecule has 2 fully saturated rings. The number of aryl methyl sites for hydroxylation is 1. The minimum Gasteiger partial charge on any atom is -0.438 e. The molecular weight excluding hydrogens is 294 g/mol. The predicted octanol–water partition coefficient (Wildman–Crippen LogP) is 1.88. The van der Waals surface area contributed by atoms with Gasteiger partial charge in [-0.2, -0.15) is 0 Å². The SMILES string of the molecule is Cc1cc(NC2CC3(CCN(C(=O)c4cnco4)C3)C2)ncn1. The standard InChI is InChI=1S/C16H19N5O2/c1-11-4-14(19-9-18-11)20-12-5-16(6-12)2-3-21(8-16)15(22)13-7-17-10-23-13/h4,7,9-10,12H,2-3,5-6,8H2,1H3,(H,18,19,20). The van der Waals surface area contributed by atoms with Crippen LogP contribution in [0.25, 0.3) is 0 Å². The number of likely N-dealkylation sites (tertiary alicyclic amines) is 1. The highest BCUT2D eigenvalue weighted by molar-refractivity contribution is 5.91. The number of carbonyl (C=O) groups excluding carboxylic acids is 1. The summed E-state index contributed by atoms with van der Waals surface area (Å²) in [5.41, 5.74) is 1.20. The molecule has 7 nitrogen and oxygen atoms in total. The zero-order valence-corrected chi connectivity index (χ0v) is 13.0. The van der Waals surface area contributed by atoms with E-state index in [-0.39, 0.29) is 11.3 Å². The first-order valence-electron chi connectivity index (χ1n) is 7.87. The van der Waals surface area contributed by atoms with E-state index in [0.29, 0.717) is 11.8 Å². The number of rotatable bonds is 3. The molecule has 4 rings (SSSR count). The van der Waals surface area contributed by atoms with Gasteiger partial charge < -0.3 is 14.6 Å². The van der Waals surface area contributed by atoms with Gasteiger partial charge in [0, 0.05) is 30.9 Å². The van der Waals surface area contributed by atoms with Crippen LogP contribution < -0.4 is 5.32 Å². The van der Waals surface area contributed by atoms with Crippen LogP contribution in [0.5, 0.6) is 0 Å². The third-order valence-corrected chi connectivity index (χ3v) is 4.88. The molecule has 2 aromatic heterocycles. The maximum Gasteiger partial charge on any atom is 0.291 e. The lowest BCUT2D eigenvalue weighted by Crippen LogP contribution is -2.47. The van der Waals surface area contributed by atoms with Gasteiger partial charge in [-0.05, 0) is 31.6 Å². The van der Waals surface area contributed by atoms with Gasteiger partial charge in [-0.25, -0.2) is 15.0 Å². The van der Waals surface area contributed by atoms with Crippen molar-refractivity contribution < 1.29 is 9.21 Å². The molecule has 7 heteroatoms. The summed E-state index contributed by atoms with van der Waals surface area (Å²) in [6, 6.07) is 2.38. The van der Waals surface area contributed by atoms with E-state index in [1.54, 1.807) is 6.33 Å². The second-order valence-electron chi connectivity index (χ2n) is 6.64. The van der Waals surface area contributed by atoms with Gasteiger partial charge >= 0.3 is 0 Å². The van der Waals surface area contributed by atoms with Crippen molar-refractivity contribution in [3.63, 3.8) is 0 Å². The lowest BCUT2D eigenvalue weighted by molar-refractivity contribution is 0.0686. The van der Waals surface area contributed by atoms with Crippen molar-refractivity contribution in [1.29, 1.82) is 0 Å². The molecule has 3 heterocycles. The number of hydrogen-bond acceptors (Lipinski definition) is 6. The number of oxazole rings is 1. The van der Waals surface area contributed by atoms with Gasteiger partial charge in [0.05, 0.1) is 6.20 Å². The van der Waals surface area contributed by atoms with Crippen LogP contribution in [0, 0.1) is 12.3 Å². The third kappa shape index (κ3) is 2.67. The molecule has 23 heavy (non-hydrogen) atoms. The fraction of sp³-hybridized carbons (Fsp3) is 0.500. The fourth-order valence-electron chi connectivity index (χ4n) is 3.75. The summed E-state index contributed by atoms with van der Waals surface area (Å²) in [6.45, 7) is 3.55. The normalized spacial score (nSPS) is 26.3.